The third kappa shape index (κ3) is 7.88. The summed E-state index contributed by atoms with van der Waals surface area (Å²) in [6.07, 6.45) is 5.72. The van der Waals surface area contributed by atoms with Crippen molar-refractivity contribution in [3.8, 4) is 35.1 Å². The number of hydrogen-bond donors (Lipinski definition) is 5. The Labute approximate surface area is 453 Å². The van der Waals surface area contributed by atoms with Gasteiger partial charge in [0.05, 0.1) is 89.6 Å². The van der Waals surface area contributed by atoms with Crippen molar-refractivity contribution >= 4 is 21.6 Å². The second kappa shape index (κ2) is 20.9. The normalized spacial score (nSPS) is 26.7. The van der Waals surface area contributed by atoms with Crippen LogP contribution in [-0.2, 0) is 32.2 Å². The number of aliphatic hydroxyl groups excluding tert-OH is 3. The van der Waals surface area contributed by atoms with Crippen LogP contribution in [0.5, 0.6) is 23.0 Å². The summed E-state index contributed by atoms with van der Waals surface area (Å²) >= 11 is 1.40. The highest BCUT2D eigenvalue weighted by Crippen LogP contribution is 2.71. The number of aliphatic hydroxyl groups is 5. The summed E-state index contributed by atoms with van der Waals surface area (Å²) in [7, 11) is -0.468. The van der Waals surface area contributed by atoms with Gasteiger partial charge in [0, 0.05) is 25.4 Å². The number of pyridine rings is 4. The molecule has 12 rings (SSSR count). The van der Waals surface area contributed by atoms with Crippen molar-refractivity contribution in [2.75, 3.05) is 21.3 Å². The van der Waals surface area contributed by atoms with E-state index in [9.17, 15) is 39.4 Å². The Bertz CT molecular complexity index is 3660. The zero-order chi connectivity index (χ0) is 55.0. The number of ether oxygens (including phenoxy) is 4. The Morgan fingerprint density at radius 2 is 1.03 bits per heavy atom. The number of fused-ring (bicyclic) bond motifs is 6. The SMILES string of the molecule is CO.COc1cncc2c1[C@]1(O)[C@H](O)[C@H](S(=O)(=O)c3ccccn3)[C@@H](c3ccccc3)[C@]1(c1ccc(C#N)cc1)O2.COc1cncc2c1[C@]1(O)[C@H](O)[C@H](Sc3ccccn3)[C@@H](c3ccccc3)[C@]1(c1ccc(C#N)cc1)O2. The molecule has 4 aliphatic rings. The molecule has 2 saturated carbocycles. The highest BCUT2D eigenvalue weighted by Gasteiger charge is 2.80. The van der Waals surface area contributed by atoms with E-state index in [4.69, 9.17) is 24.1 Å². The zero-order valence-corrected chi connectivity index (χ0v) is 43.6. The number of hydrogen-bond acceptors (Lipinski definition) is 18. The standard InChI is InChI=1S/C29H23N3O6S.C29H23N3O4S.CH4O/c1-37-21-16-31-17-22-25(21)28(34)27(33)26(39(35,36)23-9-5-6-14-32-23)24(19-7-3-2-4-8-19)29(28,38-22)20-12-10-18(15-30)11-13-20;1-35-21-16-31-17-22-25(21)28(34)27(33)26(37-23-9-5-6-14-32-23)24(19-7-3-2-4-8-19)29(28,36-22)20-12-10-18(15-30)11-13-20;1-2/h2-14,16-17,24,26-27,33-34H,1H3;2-14,16-17,24,26-27,33-34H,1H3;2H,1H3/t2*24-,26-,27-,28+,29+;/m11./s1. The van der Waals surface area contributed by atoms with Crippen molar-refractivity contribution in [1.29, 1.82) is 10.5 Å². The van der Waals surface area contributed by atoms with Gasteiger partial charge >= 0.3 is 0 Å². The Kier molecular flexibility index (Phi) is 14.3. The number of aromatic nitrogens is 4. The van der Waals surface area contributed by atoms with Crippen LogP contribution in [0.4, 0.5) is 0 Å². The highest BCUT2D eigenvalue weighted by molar-refractivity contribution is 8.00. The largest absolute Gasteiger partial charge is 0.495 e. The summed E-state index contributed by atoms with van der Waals surface area (Å²) in [5, 5.41) is 73.9. The molecular formula is C59H50N6O11S2. The number of methoxy groups -OCH3 is 2. The fourth-order valence-electron chi connectivity index (χ4n) is 11.9. The van der Waals surface area contributed by atoms with Crippen LogP contribution in [-0.4, -0.2) is 97.9 Å². The predicted molar refractivity (Wildman–Crippen MR) is 284 cm³/mol. The number of sulfone groups is 1. The van der Waals surface area contributed by atoms with Crippen LogP contribution >= 0.6 is 11.8 Å². The van der Waals surface area contributed by atoms with E-state index >= 15 is 0 Å². The highest BCUT2D eigenvalue weighted by atomic mass is 32.2. The summed E-state index contributed by atoms with van der Waals surface area (Å²) in [5.74, 6) is -0.707. The molecule has 78 heavy (non-hydrogen) atoms. The first-order valence-electron chi connectivity index (χ1n) is 24.4. The number of benzene rings is 4. The van der Waals surface area contributed by atoms with Gasteiger partial charge in [-0.05, 0) is 70.8 Å². The summed E-state index contributed by atoms with van der Waals surface area (Å²) in [6.45, 7) is 0. The van der Waals surface area contributed by atoms with Gasteiger partial charge in [-0.25, -0.2) is 18.4 Å². The van der Waals surface area contributed by atoms with E-state index in [-0.39, 0.29) is 22.1 Å². The number of rotatable bonds is 10. The number of thioether (sulfide) groups is 1. The summed E-state index contributed by atoms with van der Waals surface area (Å²) in [4.78, 5) is 17.0. The molecule has 10 atom stereocenters. The molecule has 17 nitrogen and oxygen atoms in total. The van der Waals surface area contributed by atoms with Crippen molar-refractivity contribution in [2.24, 2.45) is 0 Å². The molecule has 0 unspecified atom stereocenters. The van der Waals surface area contributed by atoms with Gasteiger partial charge in [0.2, 0.25) is 9.84 Å². The van der Waals surface area contributed by atoms with E-state index in [1.54, 1.807) is 97.2 Å². The molecule has 6 heterocycles. The summed E-state index contributed by atoms with van der Waals surface area (Å²) in [5.41, 5.74) is -3.83. The summed E-state index contributed by atoms with van der Waals surface area (Å²) < 4.78 is 53.0. The van der Waals surface area contributed by atoms with Crippen LogP contribution in [0, 0.1) is 22.7 Å². The number of nitriles is 2. The lowest BCUT2D eigenvalue weighted by atomic mass is 9.71. The molecule has 0 amide bonds. The van der Waals surface area contributed by atoms with E-state index < -0.39 is 66.8 Å². The van der Waals surface area contributed by atoms with Gasteiger partial charge < -0.3 is 44.5 Å². The molecule has 8 aromatic rings. The second-order valence-corrected chi connectivity index (χ2v) is 21.9. The molecule has 0 bridgehead atoms. The smallest absolute Gasteiger partial charge is 0.201 e. The molecule has 19 heteroatoms. The molecular weight excluding hydrogens is 1030 g/mol. The first kappa shape index (κ1) is 53.2. The number of nitrogens with zero attached hydrogens (tertiary/aromatic N) is 6. The van der Waals surface area contributed by atoms with Crippen LogP contribution in [0.3, 0.4) is 0 Å². The van der Waals surface area contributed by atoms with Crippen LogP contribution < -0.4 is 18.9 Å². The molecule has 2 aliphatic heterocycles. The van der Waals surface area contributed by atoms with E-state index in [1.807, 2.05) is 48.5 Å². The average Bonchev–Trinajstić information content (AvgIpc) is 2.25. The minimum Gasteiger partial charge on any atom is -0.495 e. The van der Waals surface area contributed by atoms with Crippen molar-refractivity contribution in [3.05, 3.63) is 227 Å². The molecule has 2 aliphatic carbocycles. The Morgan fingerprint density at radius 3 is 1.47 bits per heavy atom. The molecule has 4 aromatic carbocycles. The van der Waals surface area contributed by atoms with Gasteiger partial charge in [0.15, 0.2) is 27.4 Å². The Morgan fingerprint density at radius 1 is 0.577 bits per heavy atom. The van der Waals surface area contributed by atoms with E-state index in [2.05, 4.69) is 32.1 Å². The van der Waals surface area contributed by atoms with Crippen molar-refractivity contribution in [3.63, 3.8) is 0 Å². The minimum absolute atomic E-state index is 0.0940. The second-order valence-electron chi connectivity index (χ2n) is 18.6. The topological polar surface area (TPSA) is 271 Å². The lowest BCUT2D eigenvalue weighted by Crippen LogP contribution is -2.52. The molecule has 0 radical (unpaired) electrons. The minimum atomic E-state index is -4.36. The maximum Gasteiger partial charge on any atom is 0.201 e. The van der Waals surface area contributed by atoms with Gasteiger partial charge in [-0.2, -0.15) is 10.5 Å². The molecule has 5 N–H and O–H groups in total. The third-order valence-electron chi connectivity index (χ3n) is 15.0. The zero-order valence-electron chi connectivity index (χ0n) is 42.0. The van der Waals surface area contributed by atoms with Crippen LogP contribution in [0.1, 0.15) is 56.3 Å². The van der Waals surface area contributed by atoms with Crippen molar-refractivity contribution in [1.82, 2.24) is 19.9 Å². The van der Waals surface area contributed by atoms with Crippen LogP contribution in [0.2, 0.25) is 0 Å². The average molecular weight is 1080 g/mol. The lowest BCUT2D eigenvalue weighted by molar-refractivity contribution is -0.149. The first-order valence-corrected chi connectivity index (χ1v) is 26.8. The van der Waals surface area contributed by atoms with Gasteiger partial charge in [0.25, 0.3) is 0 Å². The Balaban J connectivity index is 0.000000171. The van der Waals surface area contributed by atoms with Crippen molar-refractivity contribution in [2.45, 2.75) is 67.0 Å². The maximum atomic E-state index is 14.3. The molecule has 394 valence electrons. The predicted octanol–water partition coefficient (Wildman–Crippen LogP) is 6.59. The first-order chi connectivity index (χ1) is 37.8. The van der Waals surface area contributed by atoms with Crippen molar-refractivity contribution < 1.29 is 52.9 Å². The van der Waals surface area contributed by atoms with E-state index in [0.29, 0.717) is 49.9 Å². The van der Waals surface area contributed by atoms with Gasteiger partial charge in [-0.3, -0.25) is 9.97 Å². The van der Waals surface area contributed by atoms with Gasteiger partial charge in [0.1, 0.15) is 40.5 Å². The van der Waals surface area contributed by atoms with Crippen LogP contribution in [0.15, 0.2) is 193 Å². The van der Waals surface area contributed by atoms with Gasteiger partial charge in [-0.15, -0.1) is 0 Å². The van der Waals surface area contributed by atoms with E-state index in [1.165, 1.54) is 63.0 Å². The monoisotopic (exact) mass is 1080 g/mol. The fraction of sp³-hybridized carbons (Fsp3) is 0.220. The quantitative estimate of drug-likeness (QED) is 0.0966. The van der Waals surface area contributed by atoms with Crippen LogP contribution in [0.25, 0.3) is 0 Å². The van der Waals surface area contributed by atoms with E-state index in [0.717, 1.165) is 12.7 Å². The molecule has 2 fully saturated rings. The molecule has 0 saturated heterocycles. The third-order valence-corrected chi connectivity index (χ3v) is 18.4. The summed E-state index contributed by atoms with van der Waals surface area (Å²) in [6, 6.07) is 46.1. The fourth-order valence-corrected chi connectivity index (χ4v) is 15.3. The Hall–Kier alpha value is -8.24. The molecule has 4 aromatic heterocycles. The lowest BCUT2D eigenvalue weighted by Gasteiger charge is -2.40. The van der Waals surface area contributed by atoms with Gasteiger partial charge in [-0.1, -0.05) is 109 Å². The maximum absolute atomic E-state index is 14.3. The molecule has 0 spiro atoms.